The van der Waals surface area contributed by atoms with Crippen LogP contribution in [-0.4, -0.2) is 37.1 Å². The molecular formula is C8H14N2. The van der Waals surface area contributed by atoms with Crippen molar-refractivity contribution in [2.75, 3.05) is 26.2 Å². The molecule has 10 heavy (non-hydrogen) atoms. The van der Waals surface area contributed by atoms with Crippen LogP contribution in [0.4, 0.5) is 0 Å². The van der Waals surface area contributed by atoms with Crippen LogP contribution in [0.2, 0.25) is 0 Å². The van der Waals surface area contributed by atoms with Crippen LogP contribution < -0.4 is 5.32 Å². The van der Waals surface area contributed by atoms with Gasteiger partial charge in [0.25, 0.3) is 0 Å². The Morgan fingerprint density at radius 1 is 1.40 bits per heavy atom. The molecule has 3 unspecified atom stereocenters. The van der Waals surface area contributed by atoms with Crippen LogP contribution >= 0.6 is 0 Å². The lowest BCUT2D eigenvalue weighted by molar-refractivity contribution is 0.182. The smallest absolute Gasteiger partial charge is 0.0252 e. The Labute approximate surface area is 61.6 Å². The van der Waals surface area contributed by atoms with E-state index in [1.54, 1.807) is 0 Å². The van der Waals surface area contributed by atoms with E-state index >= 15 is 0 Å². The van der Waals surface area contributed by atoms with Gasteiger partial charge in [0, 0.05) is 32.2 Å². The number of piperazine rings is 1. The van der Waals surface area contributed by atoms with Crippen LogP contribution in [-0.2, 0) is 0 Å². The molecule has 2 saturated heterocycles. The molecule has 3 rings (SSSR count). The van der Waals surface area contributed by atoms with Gasteiger partial charge in [-0.2, -0.15) is 0 Å². The topological polar surface area (TPSA) is 15.3 Å². The summed E-state index contributed by atoms with van der Waals surface area (Å²) in [6.07, 6.45) is 1.53. The Morgan fingerprint density at radius 3 is 3.30 bits per heavy atom. The second-order valence-electron chi connectivity index (χ2n) is 3.93. The second-order valence-corrected chi connectivity index (χ2v) is 3.93. The Kier molecular flexibility index (Phi) is 0.968. The van der Waals surface area contributed by atoms with E-state index in [0.717, 1.165) is 17.9 Å². The summed E-state index contributed by atoms with van der Waals surface area (Å²) in [5, 5.41) is 3.47. The molecule has 3 fully saturated rings. The highest BCUT2D eigenvalue weighted by Gasteiger charge is 2.52. The van der Waals surface area contributed by atoms with E-state index in [1.807, 2.05) is 0 Å². The summed E-state index contributed by atoms with van der Waals surface area (Å²) in [6, 6.07) is 0.929. The lowest BCUT2D eigenvalue weighted by atomic mass is 10.1. The first-order valence-corrected chi connectivity index (χ1v) is 4.40. The van der Waals surface area contributed by atoms with E-state index in [9.17, 15) is 0 Å². The average Bonchev–Trinajstić information content (AvgIpc) is 2.64. The van der Waals surface area contributed by atoms with Gasteiger partial charge in [-0.15, -0.1) is 0 Å². The van der Waals surface area contributed by atoms with Crippen LogP contribution in [0.15, 0.2) is 0 Å². The van der Waals surface area contributed by atoms with E-state index in [2.05, 4.69) is 10.2 Å². The molecule has 3 atom stereocenters. The lowest BCUT2D eigenvalue weighted by Crippen LogP contribution is -2.49. The molecular weight excluding hydrogens is 124 g/mol. The molecule has 1 saturated carbocycles. The molecule has 56 valence electrons. The predicted octanol–water partition coefficient (Wildman–Crippen LogP) is -0.0901. The van der Waals surface area contributed by atoms with Crippen molar-refractivity contribution >= 4 is 0 Å². The molecule has 0 bridgehead atoms. The van der Waals surface area contributed by atoms with Crippen molar-refractivity contribution in [2.45, 2.75) is 12.5 Å². The van der Waals surface area contributed by atoms with Gasteiger partial charge in [0.05, 0.1) is 0 Å². The maximum Gasteiger partial charge on any atom is 0.0252 e. The molecule has 2 heteroatoms. The molecule has 2 aliphatic heterocycles. The largest absolute Gasteiger partial charge is 0.314 e. The van der Waals surface area contributed by atoms with Crippen LogP contribution in [0.5, 0.6) is 0 Å². The normalized spacial score (nSPS) is 52.2. The zero-order valence-electron chi connectivity index (χ0n) is 6.21. The molecule has 0 aromatic carbocycles. The maximum absolute atomic E-state index is 3.47. The third kappa shape index (κ3) is 0.611. The Morgan fingerprint density at radius 2 is 2.40 bits per heavy atom. The number of nitrogens with zero attached hydrogens (tertiary/aromatic N) is 1. The van der Waals surface area contributed by atoms with Gasteiger partial charge in [-0.1, -0.05) is 0 Å². The number of hydrogen-bond donors (Lipinski definition) is 1. The first-order valence-electron chi connectivity index (χ1n) is 4.40. The summed E-state index contributed by atoms with van der Waals surface area (Å²) >= 11 is 0. The van der Waals surface area contributed by atoms with Gasteiger partial charge in [0.1, 0.15) is 0 Å². The first-order chi connectivity index (χ1) is 4.95. The Balaban J connectivity index is 1.80. The van der Waals surface area contributed by atoms with Crippen molar-refractivity contribution in [2.24, 2.45) is 11.8 Å². The average molecular weight is 138 g/mol. The standard InChI is InChI=1S/C8H14N2/c1-2-10-5-6-3-7(6)8(10)4-9-1/h6-9H,1-5H2. The van der Waals surface area contributed by atoms with Gasteiger partial charge in [-0.3, -0.25) is 4.90 Å². The molecule has 3 aliphatic rings. The van der Waals surface area contributed by atoms with Crippen molar-refractivity contribution in [1.29, 1.82) is 0 Å². The zero-order valence-corrected chi connectivity index (χ0v) is 6.21. The number of piperidine rings is 1. The molecule has 0 aromatic heterocycles. The van der Waals surface area contributed by atoms with E-state index in [4.69, 9.17) is 0 Å². The van der Waals surface area contributed by atoms with E-state index in [1.165, 1.54) is 32.6 Å². The highest BCUT2D eigenvalue weighted by atomic mass is 15.3. The minimum atomic E-state index is 0.929. The van der Waals surface area contributed by atoms with Gasteiger partial charge in [-0.05, 0) is 18.3 Å². The van der Waals surface area contributed by atoms with E-state index in [0.29, 0.717) is 0 Å². The number of fused-ring (bicyclic) bond motifs is 3. The minimum Gasteiger partial charge on any atom is -0.314 e. The van der Waals surface area contributed by atoms with Crippen molar-refractivity contribution in [3.63, 3.8) is 0 Å². The van der Waals surface area contributed by atoms with Crippen LogP contribution in [0.3, 0.4) is 0 Å². The molecule has 1 aliphatic carbocycles. The van der Waals surface area contributed by atoms with Crippen LogP contribution in [0.25, 0.3) is 0 Å². The molecule has 0 amide bonds. The van der Waals surface area contributed by atoms with E-state index in [-0.39, 0.29) is 0 Å². The minimum absolute atomic E-state index is 0.929. The number of hydrogen-bond acceptors (Lipinski definition) is 2. The molecule has 1 N–H and O–H groups in total. The second kappa shape index (κ2) is 1.74. The fourth-order valence-corrected chi connectivity index (χ4v) is 2.67. The molecule has 2 nitrogen and oxygen atoms in total. The summed E-state index contributed by atoms with van der Waals surface area (Å²) < 4.78 is 0. The molecule has 0 aromatic rings. The van der Waals surface area contributed by atoms with Gasteiger partial charge in [-0.25, -0.2) is 0 Å². The number of rotatable bonds is 0. The summed E-state index contributed by atoms with van der Waals surface area (Å²) in [7, 11) is 0. The molecule has 0 spiro atoms. The Bertz CT molecular complexity index is 157. The monoisotopic (exact) mass is 138 g/mol. The fourth-order valence-electron chi connectivity index (χ4n) is 2.67. The lowest BCUT2D eigenvalue weighted by Gasteiger charge is -2.32. The SMILES string of the molecule is C1CN2CC3CC3C2CN1. The van der Waals surface area contributed by atoms with Crippen molar-refractivity contribution in [3.05, 3.63) is 0 Å². The third-order valence-electron chi connectivity index (χ3n) is 3.34. The third-order valence-corrected chi connectivity index (χ3v) is 3.34. The summed E-state index contributed by atoms with van der Waals surface area (Å²) in [6.45, 7) is 5.20. The van der Waals surface area contributed by atoms with Gasteiger partial charge in [0.15, 0.2) is 0 Å². The Hall–Kier alpha value is -0.0800. The highest BCUT2D eigenvalue weighted by molar-refractivity contribution is 5.06. The van der Waals surface area contributed by atoms with Crippen molar-refractivity contribution in [3.8, 4) is 0 Å². The van der Waals surface area contributed by atoms with Gasteiger partial charge in [0.2, 0.25) is 0 Å². The summed E-state index contributed by atoms with van der Waals surface area (Å²) in [5.41, 5.74) is 0. The quantitative estimate of drug-likeness (QED) is 0.503. The highest BCUT2D eigenvalue weighted by Crippen LogP contribution is 2.49. The van der Waals surface area contributed by atoms with Gasteiger partial charge >= 0.3 is 0 Å². The van der Waals surface area contributed by atoms with Crippen molar-refractivity contribution in [1.82, 2.24) is 10.2 Å². The molecule has 0 radical (unpaired) electrons. The van der Waals surface area contributed by atoms with E-state index < -0.39 is 0 Å². The number of nitrogens with one attached hydrogen (secondary N) is 1. The fraction of sp³-hybridized carbons (Fsp3) is 1.00. The van der Waals surface area contributed by atoms with Crippen LogP contribution in [0.1, 0.15) is 6.42 Å². The zero-order chi connectivity index (χ0) is 6.55. The summed E-state index contributed by atoms with van der Waals surface area (Å²) in [4.78, 5) is 2.68. The molecule has 2 heterocycles. The summed E-state index contributed by atoms with van der Waals surface area (Å²) in [5.74, 6) is 2.19. The first kappa shape index (κ1) is 5.56. The van der Waals surface area contributed by atoms with Crippen LogP contribution in [0, 0.1) is 11.8 Å². The van der Waals surface area contributed by atoms with Gasteiger partial charge < -0.3 is 5.32 Å². The van der Waals surface area contributed by atoms with Crippen molar-refractivity contribution < 1.29 is 0 Å². The maximum atomic E-state index is 3.47. The predicted molar refractivity (Wildman–Crippen MR) is 39.8 cm³/mol.